The van der Waals surface area contributed by atoms with Gasteiger partial charge in [-0.1, -0.05) is 36.4 Å². The Labute approximate surface area is 157 Å². The first kappa shape index (κ1) is 18.8. The normalized spacial score (nSPS) is 18.9. The van der Waals surface area contributed by atoms with Crippen molar-refractivity contribution in [3.63, 3.8) is 0 Å². The lowest BCUT2D eigenvalue weighted by molar-refractivity contribution is -0.139. The molecule has 1 unspecified atom stereocenters. The zero-order chi connectivity index (χ0) is 19.2. The molecule has 3 N–H and O–H groups in total. The number of aliphatic hydroxyl groups excluding tert-OH is 2. The Balaban J connectivity index is 2.03. The highest BCUT2D eigenvalue weighted by atomic mass is 16.3. The number of nitrogens with zero attached hydrogens (tertiary/aromatic N) is 2. The van der Waals surface area contributed by atoms with Gasteiger partial charge in [-0.3, -0.25) is 14.6 Å². The highest BCUT2D eigenvalue weighted by Crippen LogP contribution is 2.38. The first-order valence-corrected chi connectivity index (χ1v) is 8.71. The number of pyridine rings is 1. The monoisotopic (exact) mass is 367 g/mol. The molecule has 1 aromatic carbocycles. The van der Waals surface area contributed by atoms with E-state index in [0.717, 1.165) is 0 Å². The summed E-state index contributed by atoms with van der Waals surface area (Å²) in [6.45, 7) is 1.03. The molecule has 1 fully saturated rings. The van der Waals surface area contributed by atoms with Crippen LogP contribution in [0.3, 0.4) is 0 Å². The molecule has 7 nitrogen and oxygen atoms in total. The van der Waals surface area contributed by atoms with Gasteiger partial charge in [0.1, 0.15) is 11.8 Å². The van der Waals surface area contributed by atoms with Gasteiger partial charge in [0, 0.05) is 31.4 Å². The van der Waals surface area contributed by atoms with E-state index in [-0.39, 0.29) is 24.5 Å². The third-order valence-electron chi connectivity index (χ3n) is 4.37. The number of rotatable bonds is 7. The number of carbonyl (C=O) groups is 2. The molecule has 2 heterocycles. The van der Waals surface area contributed by atoms with E-state index in [9.17, 15) is 14.7 Å². The second-order valence-electron chi connectivity index (χ2n) is 6.09. The molecule has 1 amide bonds. The van der Waals surface area contributed by atoms with E-state index in [4.69, 9.17) is 5.11 Å². The smallest absolute Gasteiger partial charge is 0.295 e. The number of aromatic nitrogens is 1. The van der Waals surface area contributed by atoms with E-state index in [1.807, 2.05) is 0 Å². The van der Waals surface area contributed by atoms with Crippen molar-refractivity contribution in [3.05, 3.63) is 71.6 Å². The molecule has 1 aliphatic rings. The van der Waals surface area contributed by atoms with Crippen LogP contribution in [0.25, 0.3) is 5.76 Å². The van der Waals surface area contributed by atoms with Gasteiger partial charge in [0.2, 0.25) is 0 Å². The molecule has 0 bridgehead atoms. The minimum absolute atomic E-state index is 0.0174. The van der Waals surface area contributed by atoms with Crippen LogP contribution in [0.4, 0.5) is 0 Å². The van der Waals surface area contributed by atoms with E-state index >= 15 is 0 Å². The summed E-state index contributed by atoms with van der Waals surface area (Å²) in [5.74, 6) is -1.61. The molecule has 0 radical (unpaired) electrons. The highest BCUT2D eigenvalue weighted by molar-refractivity contribution is 6.46. The Bertz CT molecular complexity index is 837. The number of Topliss-reactive ketones (excluding diaryl/α,β-unsaturated/α-hetero) is 1. The van der Waals surface area contributed by atoms with Gasteiger partial charge in [0.15, 0.2) is 0 Å². The van der Waals surface area contributed by atoms with E-state index in [0.29, 0.717) is 24.3 Å². The molecule has 0 saturated carbocycles. The summed E-state index contributed by atoms with van der Waals surface area (Å²) >= 11 is 0. The van der Waals surface area contributed by atoms with Gasteiger partial charge in [-0.05, 0) is 12.1 Å². The molecular formula is C20H21N3O4. The lowest BCUT2D eigenvalue weighted by Crippen LogP contribution is -2.36. The summed E-state index contributed by atoms with van der Waals surface area (Å²) in [6.07, 6.45) is 1.59. The molecule has 1 aromatic heterocycles. The van der Waals surface area contributed by atoms with Crippen molar-refractivity contribution in [2.24, 2.45) is 0 Å². The lowest BCUT2D eigenvalue weighted by Gasteiger charge is -2.24. The number of ketones is 1. The van der Waals surface area contributed by atoms with Crippen LogP contribution >= 0.6 is 0 Å². The zero-order valence-electron chi connectivity index (χ0n) is 14.7. The summed E-state index contributed by atoms with van der Waals surface area (Å²) in [5.41, 5.74) is 1.01. The predicted molar refractivity (Wildman–Crippen MR) is 99.6 cm³/mol. The van der Waals surface area contributed by atoms with Gasteiger partial charge in [-0.2, -0.15) is 0 Å². The number of carbonyl (C=O) groups excluding carboxylic acids is 2. The molecule has 1 aliphatic heterocycles. The summed E-state index contributed by atoms with van der Waals surface area (Å²) < 4.78 is 0. The van der Waals surface area contributed by atoms with E-state index in [2.05, 4.69) is 10.3 Å². The lowest BCUT2D eigenvalue weighted by atomic mass is 9.98. The number of benzene rings is 1. The Kier molecular flexibility index (Phi) is 5.95. The van der Waals surface area contributed by atoms with Gasteiger partial charge in [0.25, 0.3) is 11.7 Å². The SMILES string of the molecule is O=C1C(=O)N(CCNCCO)C(c2ccccn2)/C1=C(\O)c1ccccc1. The minimum Gasteiger partial charge on any atom is -0.507 e. The van der Waals surface area contributed by atoms with E-state index in [1.165, 1.54) is 4.90 Å². The van der Waals surface area contributed by atoms with Crippen LogP contribution in [0.15, 0.2) is 60.3 Å². The van der Waals surface area contributed by atoms with Crippen LogP contribution in [0.2, 0.25) is 0 Å². The molecular weight excluding hydrogens is 346 g/mol. The third kappa shape index (κ3) is 3.89. The number of aliphatic hydroxyl groups is 2. The third-order valence-corrected chi connectivity index (χ3v) is 4.37. The van der Waals surface area contributed by atoms with Crippen molar-refractivity contribution in [3.8, 4) is 0 Å². The van der Waals surface area contributed by atoms with Crippen molar-refractivity contribution < 1.29 is 19.8 Å². The molecule has 140 valence electrons. The van der Waals surface area contributed by atoms with Crippen molar-refractivity contribution in [2.75, 3.05) is 26.2 Å². The maximum atomic E-state index is 12.7. The van der Waals surface area contributed by atoms with Crippen molar-refractivity contribution in [1.29, 1.82) is 0 Å². The van der Waals surface area contributed by atoms with E-state index in [1.54, 1.807) is 54.7 Å². The summed E-state index contributed by atoms with van der Waals surface area (Å²) in [4.78, 5) is 31.0. The second kappa shape index (κ2) is 8.57. The van der Waals surface area contributed by atoms with Crippen LogP contribution in [0.1, 0.15) is 17.3 Å². The fourth-order valence-corrected chi connectivity index (χ4v) is 3.11. The van der Waals surface area contributed by atoms with Gasteiger partial charge < -0.3 is 20.4 Å². The van der Waals surface area contributed by atoms with Crippen LogP contribution in [0, 0.1) is 0 Å². The predicted octanol–water partition coefficient (Wildman–Crippen LogP) is 1.09. The summed E-state index contributed by atoms with van der Waals surface area (Å²) in [5, 5.41) is 22.6. The molecule has 1 atom stereocenters. The molecule has 2 aromatic rings. The van der Waals surface area contributed by atoms with Gasteiger partial charge >= 0.3 is 0 Å². The van der Waals surface area contributed by atoms with Crippen molar-refractivity contribution >= 4 is 17.4 Å². The average Bonchev–Trinajstić information content (AvgIpc) is 2.97. The fourth-order valence-electron chi connectivity index (χ4n) is 3.11. The number of nitrogens with one attached hydrogen (secondary N) is 1. The zero-order valence-corrected chi connectivity index (χ0v) is 14.7. The van der Waals surface area contributed by atoms with Gasteiger partial charge in [0.05, 0.1) is 17.9 Å². The molecule has 0 spiro atoms. The molecule has 27 heavy (non-hydrogen) atoms. The Morgan fingerprint density at radius 2 is 1.81 bits per heavy atom. The van der Waals surface area contributed by atoms with Crippen LogP contribution in [-0.4, -0.2) is 58.0 Å². The molecule has 7 heteroatoms. The Morgan fingerprint density at radius 1 is 1.07 bits per heavy atom. The van der Waals surface area contributed by atoms with Crippen LogP contribution in [-0.2, 0) is 9.59 Å². The van der Waals surface area contributed by atoms with Crippen molar-refractivity contribution in [1.82, 2.24) is 15.2 Å². The van der Waals surface area contributed by atoms with Crippen LogP contribution in [0.5, 0.6) is 0 Å². The first-order chi connectivity index (χ1) is 13.1. The number of likely N-dealkylation sites (tertiary alicyclic amines) is 1. The first-order valence-electron chi connectivity index (χ1n) is 8.71. The van der Waals surface area contributed by atoms with Gasteiger partial charge in [-0.25, -0.2) is 0 Å². The fraction of sp³-hybridized carbons (Fsp3) is 0.250. The Morgan fingerprint density at radius 3 is 2.48 bits per heavy atom. The van der Waals surface area contributed by atoms with Crippen molar-refractivity contribution in [2.45, 2.75) is 6.04 Å². The largest absolute Gasteiger partial charge is 0.507 e. The molecule has 3 rings (SSSR count). The molecule has 0 aliphatic carbocycles. The van der Waals surface area contributed by atoms with E-state index < -0.39 is 17.7 Å². The molecule has 1 saturated heterocycles. The van der Waals surface area contributed by atoms with Gasteiger partial charge in [-0.15, -0.1) is 0 Å². The number of hydrogen-bond donors (Lipinski definition) is 3. The average molecular weight is 367 g/mol. The summed E-state index contributed by atoms with van der Waals surface area (Å²) in [7, 11) is 0. The Hall–Kier alpha value is -3.03. The highest BCUT2D eigenvalue weighted by Gasteiger charge is 2.46. The number of amides is 1. The maximum Gasteiger partial charge on any atom is 0.295 e. The van der Waals surface area contributed by atoms with Crippen LogP contribution < -0.4 is 5.32 Å². The standard InChI is InChI=1S/C20H21N3O4/c24-13-11-21-10-12-23-17(15-8-4-5-9-22-15)16(19(26)20(23)27)18(25)14-6-2-1-3-7-14/h1-9,17,21,24-25H,10-13H2/b18-16+. The summed E-state index contributed by atoms with van der Waals surface area (Å²) in [6, 6.07) is 13.1. The quantitative estimate of drug-likeness (QED) is 0.293. The topological polar surface area (TPSA) is 103 Å². The minimum atomic E-state index is -0.762. The second-order valence-corrected chi connectivity index (χ2v) is 6.09. The maximum absolute atomic E-state index is 12.7. The number of hydrogen-bond acceptors (Lipinski definition) is 6.